The van der Waals surface area contributed by atoms with Gasteiger partial charge in [-0.25, -0.2) is 4.39 Å². The highest BCUT2D eigenvalue weighted by molar-refractivity contribution is 5.26. The highest BCUT2D eigenvalue weighted by Gasteiger charge is 2.12. The van der Waals surface area contributed by atoms with Crippen molar-refractivity contribution >= 4 is 0 Å². The van der Waals surface area contributed by atoms with Crippen LogP contribution >= 0.6 is 0 Å². The van der Waals surface area contributed by atoms with Crippen molar-refractivity contribution in [1.82, 2.24) is 5.32 Å². The molecule has 2 nitrogen and oxygen atoms in total. The first-order valence-electron chi connectivity index (χ1n) is 7.34. The predicted molar refractivity (Wildman–Crippen MR) is 83.8 cm³/mol. The molecule has 0 bridgehead atoms. The Balaban J connectivity index is 1.85. The highest BCUT2D eigenvalue weighted by Crippen LogP contribution is 2.18. The van der Waals surface area contributed by atoms with Crippen LogP contribution in [0, 0.1) is 5.82 Å². The molecule has 0 amide bonds. The molecule has 3 heteroatoms. The average Bonchev–Trinajstić information content (AvgIpc) is 2.47. The van der Waals surface area contributed by atoms with Crippen molar-refractivity contribution in [3.8, 4) is 5.75 Å². The summed E-state index contributed by atoms with van der Waals surface area (Å²) in [7, 11) is 0. The molecule has 0 aliphatic carbocycles. The van der Waals surface area contributed by atoms with Gasteiger partial charge in [0.15, 0.2) is 0 Å². The zero-order valence-corrected chi connectivity index (χ0v) is 12.5. The summed E-state index contributed by atoms with van der Waals surface area (Å²) >= 11 is 0. The second-order valence-corrected chi connectivity index (χ2v) is 5.52. The molecule has 2 N–H and O–H groups in total. The maximum Gasteiger partial charge on any atom is 0.127 e. The van der Waals surface area contributed by atoms with Crippen LogP contribution in [0.15, 0.2) is 48.5 Å². The topological polar surface area (TPSA) is 32.3 Å². The number of aryl methyl sites for hydroxylation is 1. The van der Waals surface area contributed by atoms with Crippen molar-refractivity contribution in [2.75, 3.05) is 0 Å². The van der Waals surface area contributed by atoms with Crippen LogP contribution in [0.3, 0.4) is 0 Å². The lowest BCUT2D eigenvalue weighted by atomic mass is 10.0. The van der Waals surface area contributed by atoms with Gasteiger partial charge in [0.1, 0.15) is 11.6 Å². The quantitative estimate of drug-likeness (QED) is 0.834. The molecule has 0 radical (unpaired) electrons. The highest BCUT2D eigenvalue weighted by atomic mass is 19.1. The number of aromatic hydroxyl groups is 1. The Morgan fingerprint density at radius 1 is 1.05 bits per heavy atom. The molecule has 0 saturated heterocycles. The molecule has 1 unspecified atom stereocenters. The van der Waals surface area contributed by atoms with Gasteiger partial charge in [-0.3, -0.25) is 0 Å². The molecule has 0 aliphatic rings. The number of phenols is 1. The van der Waals surface area contributed by atoms with Crippen molar-refractivity contribution in [2.24, 2.45) is 0 Å². The van der Waals surface area contributed by atoms with Gasteiger partial charge in [-0.15, -0.1) is 0 Å². The second kappa shape index (κ2) is 7.23. The summed E-state index contributed by atoms with van der Waals surface area (Å²) in [5.74, 6) is 0.126. The smallest absolute Gasteiger partial charge is 0.127 e. The Morgan fingerprint density at radius 2 is 1.71 bits per heavy atom. The summed E-state index contributed by atoms with van der Waals surface area (Å²) in [5, 5.41) is 12.7. The lowest BCUT2D eigenvalue weighted by molar-refractivity contribution is 0.443. The standard InChI is InChI=1S/C18H22FNO/c1-13(7-8-15-9-11-16(21)12-10-15)20-14(2)17-5-3-4-6-18(17)19/h3-6,9-14,20-21H,7-8H2,1-2H3/t13?,14-/m1/s1. The monoisotopic (exact) mass is 287 g/mol. The van der Waals surface area contributed by atoms with Crippen LogP contribution in [-0.4, -0.2) is 11.1 Å². The van der Waals surface area contributed by atoms with Gasteiger partial charge in [-0.05, 0) is 50.5 Å². The minimum Gasteiger partial charge on any atom is -0.508 e. The fourth-order valence-electron chi connectivity index (χ4n) is 2.47. The van der Waals surface area contributed by atoms with Gasteiger partial charge in [-0.1, -0.05) is 30.3 Å². The van der Waals surface area contributed by atoms with Crippen LogP contribution in [0.1, 0.15) is 37.4 Å². The molecule has 0 heterocycles. The van der Waals surface area contributed by atoms with Crippen LogP contribution in [0.5, 0.6) is 5.75 Å². The second-order valence-electron chi connectivity index (χ2n) is 5.52. The molecule has 21 heavy (non-hydrogen) atoms. The van der Waals surface area contributed by atoms with Crippen LogP contribution in [0.25, 0.3) is 0 Å². The van der Waals surface area contributed by atoms with E-state index < -0.39 is 0 Å². The van der Waals surface area contributed by atoms with E-state index >= 15 is 0 Å². The Kier molecular flexibility index (Phi) is 5.34. The van der Waals surface area contributed by atoms with E-state index in [0.29, 0.717) is 5.56 Å². The fourth-order valence-corrected chi connectivity index (χ4v) is 2.47. The molecule has 0 spiro atoms. The molecule has 2 rings (SSSR count). The molecule has 0 aliphatic heterocycles. The minimum atomic E-state index is -0.164. The van der Waals surface area contributed by atoms with Gasteiger partial charge >= 0.3 is 0 Å². The lowest BCUT2D eigenvalue weighted by Gasteiger charge is -2.21. The van der Waals surface area contributed by atoms with Gasteiger partial charge < -0.3 is 10.4 Å². The van der Waals surface area contributed by atoms with E-state index in [9.17, 15) is 9.50 Å². The lowest BCUT2D eigenvalue weighted by Crippen LogP contribution is -2.29. The first-order chi connectivity index (χ1) is 10.1. The molecular weight excluding hydrogens is 265 g/mol. The van der Waals surface area contributed by atoms with Gasteiger partial charge in [0.2, 0.25) is 0 Å². The number of hydrogen-bond donors (Lipinski definition) is 2. The first-order valence-corrected chi connectivity index (χ1v) is 7.34. The molecule has 0 fully saturated rings. The third-order valence-corrected chi connectivity index (χ3v) is 3.71. The van der Waals surface area contributed by atoms with E-state index in [2.05, 4.69) is 12.2 Å². The number of benzene rings is 2. The summed E-state index contributed by atoms with van der Waals surface area (Å²) in [6.07, 6.45) is 1.89. The number of rotatable bonds is 6. The van der Waals surface area contributed by atoms with E-state index in [-0.39, 0.29) is 23.7 Å². The molecule has 0 aromatic heterocycles. The van der Waals surface area contributed by atoms with Gasteiger partial charge in [-0.2, -0.15) is 0 Å². The molecule has 2 aromatic carbocycles. The molecule has 0 saturated carbocycles. The summed E-state index contributed by atoms with van der Waals surface area (Å²) in [4.78, 5) is 0. The van der Waals surface area contributed by atoms with Crippen LogP contribution in [0.4, 0.5) is 4.39 Å². The molecular formula is C18H22FNO. The SMILES string of the molecule is CC(CCc1ccc(O)cc1)N[C@H](C)c1ccccc1F. The van der Waals surface area contributed by atoms with E-state index in [1.54, 1.807) is 18.2 Å². The summed E-state index contributed by atoms with van der Waals surface area (Å²) in [6, 6.07) is 14.4. The van der Waals surface area contributed by atoms with Crippen LogP contribution in [0.2, 0.25) is 0 Å². The van der Waals surface area contributed by atoms with Crippen LogP contribution < -0.4 is 5.32 Å². The Morgan fingerprint density at radius 3 is 2.38 bits per heavy atom. The maximum absolute atomic E-state index is 13.7. The molecule has 2 aromatic rings. The summed E-state index contributed by atoms with van der Waals surface area (Å²) < 4.78 is 13.7. The Hall–Kier alpha value is -1.87. The molecule has 112 valence electrons. The van der Waals surface area contributed by atoms with Crippen LogP contribution in [-0.2, 0) is 6.42 Å². The largest absolute Gasteiger partial charge is 0.508 e. The minimum absolute atomic E-state index is 0.0129. The number of phenolic OH excluding ortho intramolecular Hbond substituents is 1. The normalized spacial score (nSPS) is 13.9. The average molecular weight is 287 g/mol. The summed E-state index contributed by atoms with van der Waals surface area (Å²) in [5.41, 5.74) is 1.90. The molecule has 2 atom stereocenters. The van der Waals surface area contributed by atoms with Crippen molar-refractivity contribution in [3.63, 3.8) is 0 Å². The van der Waals surface area contributed by atoms with E-state index in [0.717, 1.165) is 12.8 Å². The zero-order chi connectivity index (χ0) is 15.2. The van der Waals surface area contributed by atoms with Crippen molar-refractivity contribution in [1.29, 1.82) is 0 Å². The van der Waals surface area contributed by atoms with Gasteiger partial charge in [0.05, 0.1) is 0 Å². The summed E-state index contributed by atoms with van der Waals surface area (Å²) in [6.45, 7) is 4.09. The third-order valence-electron chi connectivity index (χ3n) is 3.71. The number of hydrogen-bond acceptors (Lipinski definition) is 2. The van der Waals surface area contributed by atoms with Crippen molar-refractivity contribution in [3.05, 3.63) is 65.5 Å². The van der Waals surface area contributed by atoms with Crippen molar-refractivity contribution < 1.29 is 9.50 Å². The fraction of sp³-hybridized carbons (Fsp3) is 0.333. The van der Waals surface area contributed by atoms with Crippen molar-refractivity contribution in [2.45, 2.75) is 38.8 Å². The number of nitrogens with one attached hydrogen (secondary N) is 1. The van der Waals surface area contributed by atoms with E-state index in [4.69, 9.17) is 0 Å². The Bertz CT molecular complexity index is 568. The van der Waals surface area contributed by atoms with Gasteiger partial charge in [0, 0.05) is 17.6 Å². The first kappa shape index (κ1) is 15.5. The third kappa shape index (κ3) is 4.57. The Labute approximate surface area is 125 Å². The predicted octanol–water partition coefficient (Wildman–Crippen LogP) is 4.20. The van der Waals surface area contributed by atoms with E-state index in [1.165, 1.54) is 11.6 Å². The maximum atomic E-state index is 13.7. The van der Waals surface area contributed by atoms with Gasteiger partial charge in [0.25, 0.3) is 0 Å². The zero-order valence-electron chi connectivity index (χ0n) is 12.5. The number of halogens is 1. The van der Waals surface area contributed by atoms with E-state index in [1.807, 2.05) is 31.2 Å².